The Balaban J connectivity index is 2.09. The lowest BCUT2D eigenvalue weighted by atomic mass is 9.91. The summed E-state index contributed by atoms with van der Waals surface area (Å²) < 4.78 is 15.8. The largest absolute Gasteiger partial charge is 0.493 e. The highest BCUT2D eigenvalue weighted by atomic mass is 16.6. The highest BCUT2D eigenvalue weighted by Gasteiger charge is 2.27. The summed E-state index contributed by atoms with van der Waals surface area (Å²) in [5.74, 6) is -1.88. The van der Waals surface area contributed by atoms with Gasteiger partial charge in [0.2, 0.25) is 5.75 Å². The fourth-order valence-corrected chi connectivity index (χ4v) is 3.30. The lowest BCUT2D eigenvalue weighted by Gasteiger charge is -2.24. The van der Waals surface area contributed by atoms with Gasteiger partial charge >= 0.3 is 11.9 Å². The Hall–Kier alpha value is -3.42. The summed E-state index contributed by atoms with van der Waals surface area (Å²) in [7, 11) is 1.38. The molecule has 0 unspecified atom stereocenters. The molecule has 0 spiro atoms. The lowest BCUT2D eigenvalue weighted by Crippen LogP contribution is -2.41. The monoisotopic (exact) mass is 442 g/mol. The molecule has 32 heavy (non-hydrogen) atoms. The van der Waals surface area contributed by atoms with Crippen molar-refractivity contribution in [3.63, 3.8) is 0 Å². The van der Waals surface area contributed by atoms with Crippen LogP contribution in [0, 0.1) is 13.8 Å². The van der Waals surface area contributed by atoms with Crippen molar-refractivity contribution in [2.75, 3.05) is 7.11 Å². The fraction of sp³-hybridized carbons (Fsp3) is 0.417. The van der Waals surface area contributed by atoms with E-state index in [1.54, 1.807) is 0 Å². The number of ether oxygens (including phenoxy) is 3. The van der Waals surface area contributed by atoms with Gasteiger partial charge in [-0.05, 0) is 38.8 Å². The highest BCUT2D eigenvalue weighted by Crippen LogP contribution is 2.30. The molecule has 0 saturated heterocycles. The van der Waals surface area contributed by atoms with Crippen molar-refractivity contribution in [1.82, 2.24) is 10.3 Å². The standard InChI is InChI=1S/C24H30N2O6/c1-13-8-9-19(14(2)12-13)15(3)17(5)31-24(29)16(4)26-23(28)21-22(32-18(6)27)20(30-7)10-11-25-21/h8-12,15-17H,1-7H3,(H,26,28)/t15-,16-,17+/m0/s1. The molecule has 0 aliphatic heterocycles. The maximum Gasteiger partial charge on any atom is 0.328 e. The molecule has 8 nitrogen and oxygen atoms in total. The van der Waals surface area contributed by atoms with Crippen LogP contribution in [-0.2, 0) is 14.3 Å². The van der Waals surface area contributed by atoms with Crippen molar-refractivity contribution in [2.24, 2.45) is 0 Å². The van der Waals surface area contributed by atoms with E-state index in [0.717, 1.165) is 11.1 Å². The first-order chi connectivity index (χ1) is 15.0. The minimum Gasteiger partial charge on any atom is -0.493 e. The van der Waals surface area contributed by atoms with Crippen LogP contribution in [0.3, 0.4) is 0 Å². The van der Waals surface area contributed by atoms with Crippen LogP contribution in [0.1, 0.15) is 60.8 Å². The molecule has 1 heterocycles. The zero-order valence-electron chi connectivity index (χ0n) is 19.5. The maximum absolute atomic E-state index is 12.7. The van der Waals surface area contributed by atoms with Crippen molar-refractivity contribution in [3.8, 4) is 11.5 Å². The van der Waals surface area contributed by atoms with E-state index in [9.17, 15) is 14.4 Å². The van der Waals surface area contributed by atoms with Crippen LogP contribution in [0.15, 0.2) is 30.5 Å². The number of esters is 2. The van der Waals surface area contributed by atoms with Crippen LogP contribution >= 0.6 is 0 Å². The van der Waals surface area contributed by atoms with Gasteiger partial charge in [-0.1, -0.05) is 30.7 Å². The van der Waals surface area contributed by atoms with Crippen molar-refractivity contribution < 1.29 is 28.6 Å². The van der Waals surface area contributed by atoms with Crippen LogP contribution < -0.4 is 14.8 Å². The second kappa shape index (κ2) is 10.7. The van der Waals surface area contributed by atoms with E-state index >= 15 is 0 Å². The molecule has 2 rings (SSSR count). The Bertz CT molecular complexity index is 1000. The van der Waals surface area contributed by atoms with Crippen LogP contribution in [0.5, 0.6) is 11.5 Å². The Morgan fingerprint density at radius 2 is 1.75 bits per heavy atom. The van der Waals surface area contributed by atoms with Crippen molar-refractivity contribution in [1.29, 1.82) is 0 Å². The summed E-state index contributed by atoms with van der Waals surface area (Å²) in [6.07, 6.45) is 0.937. The number of methoxy groups -OCH3 is 1. The number of nitrogens with one attached hydrogen (secondary N) is 1. The first-order valence-electron chi connectivity index (χ1n) is 10.3. The van der Waals surface area contributed by atoms with E-state index in [1.807, 2.05) is 39.8 Å². The summed E-state index contributed by atoms with van der Waals surface area (Å²) in [5.41, 5.74) is 3.22. The Kier molecular flexibility index (Phi) is 8.34. The summed E-state index contributed by atoms with van der Waals surface area (Å²) in [4.78, 5) is 40.7. The summed E-state index contributed by atoms with van der Waals surface area (Å²) in [6.45, 7) is 10.6. The average molecular weight is 443 g/mol. The molecule has 1 amide bonds. The second-order valence-corrected chi connectivity index (χ2v) is 7.77. The predicted octanol–water partition coefficient (Wildman–Crippen LogP) is 3.49. The van der Waals surface area contributed by atoms with Gasteiger partial charge in [0.15, 0.2) is 11.4 Å². The molecule has 0 radical (unpaired) electrons. The number of aromatic nitrogens is 1. The van der Waals surface area contributed by atoms with E-state index in [4.69, 9.17) is 14.2 Å². The van der Waals surface area contributed by atoms with Crippen LogP contribution in [-0.4, -0.2) is 42.1 Å². The van der Waals surface area contributed by atoms with Crippen LogP contribution in [0.4, 0.5) is 0 Å². The molecule has 2 aromatic rings. The van der Waals surface area contributed by atoms with Gasteiger partial charge in [0.1, 0.15) is 12.1 Å². The third-order valence-electron chi connectivity index (χ3n) is 5.17. The molecule has 0 aliphatic rings. The molecular formula is C24H30N2O6. The van der Waals surface area contributed by atoms with E-state index in [2.05, 4.69) is 16.4 Å². The Labute approximate surface area is 188 Å². The highest BCUT2D eigenvalue weighted by molar-refractivity contribution is 5.98. The molecule has 172 valence electrons. The van der Waals surface area contributed by atoms with Crippen molar-refractivity contribution in [2.45, 2.75) is 59.6 Å². The van der Waals surface area contributed by atoms with Crippen LogP contribution in [0.25, 0.3) is 0 Å². The topological polar surface area (TPSA) is 104 Å². The number of carbonyl (C=O) groups excluding carboxylic acids is 3. The summed E-state index contributed by atoms with van der Waals surface area (Å²) >= 11 is 0. The normalized spacial score (nSPS) is 13.5. The van der Waals surface area contributed by atoms with Crippen LogP contribution in [0.2, 0.25) is 0 Å². The number of benzene rings is 1. The third kappa shape index (κ3) is 6.06. The van der Waals surface area contributed by atoms with Gasteiger partial charge in [-0.3, -0.25) is 9.59 Å². The maximum atomic E-state index is 12.7. The molecule has 0 bridgehead atoms. The third-order valence-corrected chi connectivity index (χ3v) is 5.17. The van der Waals surface area contributed by atoms with Gasteiger partial charge in [0, 0.05) is 25.1 Å². The minimum absolute atomic E-state index is 0.0296. The zero-order chi connectivity index (χ0) is 24.0. The molecule has 1 N–H and O–H groups in total. The average Bonchev–Trinajstić information content (AvgIpc) is 2.72. The number of hydrogen-bond donors (Lipinski definition) is 1. The number of aryl methyl sites for hydroxylation is 2. The molecule has 3 atom stereocenters. The van der Waals surface area contributed by atoms with Crippen molar-refractivity contribution in [3.05, 3.63) is 52.8 Å². The van der Waals surface area contributed by atoms with Gasteiger partial charge in [-0.2, -0.15) is 0 Å². The van der Waals surface area contributed by atoms with E-state index in [0.29, 0.717) is 0 Å². The number of carbonyl (C=O) groups is 3. The minimum atomic E-state index is -0.950. The molecular weight excluding hydrogens is 412 g/mol. The fourth-order valence-electron chi connectivity index (χ4n) is 3.30. The smallest absolute Gasteiger partial charge is 0.328 e. The number of hydrogen-bond acceptors (Lipinski definition) is 7. The molecule has 8 heteroatoms. The summed E-state index contributed by atoms with van der Waals surface area (Å²) in [6, 6.07) is 6.66. The molecule has 0 fully saturated rings. The van der Waals surface area contributed by atoms with Crippen molar-refractivity contribution >= 4 is 17.8 Å². The molecule has 0 saturated carbocycles. The first-order valence-corrected chi connectivity index (χ1v) is 10.3. The zero-order valence-corrected chi connectivity index (χ0v) is 19.5. The number of amides is 1. The van der Waals surface area contributed by atoms with E-state index in [-0.39, 0.29) is 23.1 Å². The lowest BCUT2D eigenvalue weighted by molar-refractivity contribution is -0.151. The Morgan fingerprint density at radius 1 is 1.06 bits per heavy atom. The SMILES string of the molecule is COc1ccnc(C(=O)N[C@@H](C)C(=O)O[C@H](C)[C@H](C)c2ccc(C)cc2C)c1OC(C)=O. The molecule has 1 aromatic heterocycles. The van der Waals surface area contributed by atoms with Gasteiger partial charge in [0.05, 0.1) is 7.11 Å². The van der Waals surface area contributed by atoms with Gasteiger partial charge in [-0.15, -0.1) is 0 Å². The summed E-state index contributed by atoms with van der Waals surface area (Å²) in [5, 5.41) is 2.54. The van der Waals surface area contributed by atoms with E-state index < -0.39 is 30.0 Å². The van der Waals surface area contributed by atoms with Gasteiger partial charge in [-0.25, -0.2) is 9.78 Å². The predicted molar refractivity (Wildman–Crippen MR) is 119 cm³/mol. The number of pyridine rings is 1. The van der Waals surface area contributed by atoms with E-state index in [1.165, 1.54) is 38.8 Å². The van der Waals surface area contributed by atoms with Gasteiger partial charge in [0.25, 0.3) is 5.91 Å². The first kappa shape index (κ1) is 24.8. The molecule has 0 aliphatic carbocycles. The number of nitrogens with zero attached hydrogens (tertiary/aromatic N) is 1. The van der Waals surface area contributed by atoms with Gasteiger partial charge < -0.3 is 19.5 Å². The quantitative estimate of drug-likeness (QED) is 0.624. The Morgan fingerprint density at radius 3 is 2.34 bits per heavy atom. The molecule has 1 aromatic carbocycles. The number of rotatable bonds is 8. The second-order valence-electron chi connectivity index (χ2n) is 7.77.